The summed E-state index contributed by atoms with van der Waals surface area (Å²) in [5, 5.41) is 7.36. The Balaban J connectivity index is 2.25. The highest BCUT2D eigenvalue weighted by molar-refractivity contribution is 6.12. The number of imide groups is 1. The van der Waals surface area contributed by atoms with Gasteiger partial charge in [0.05, 0.1) is 0 Å². The molecular formula is C19H29N5O6. The van der Waals surface area contributed by atoms with Gasteiger partial charge in [0.15, 0.2) is 0 Å². The van der Waals surface area contributed by atoms with Crippen molar-refractivity contribution in [3.05, 3.63) is 12.2 Å². The summed E-state index contributed by atoms with van der Waals surface area (Å²) < 4.78 is 0. The van der Waals surface area contributed by atoms with Crippen molar-refractivity contribution in [1.29, 1.82) is 0 Å². The zero-order chi connectivity index (χ0) is 22.8. The molecule has 0 fully saturated rings. The Morgan fingerprint density at radius 2 is 1.33 bits per heavy atom. The molecule has 166 valence electrons. The summed E-state index contributed by atoms with van der Waals surface area (Å²) in [6.07, 6.45) is 4.40. The number of nitrogens with zero attached hydrogens (tertiary/aromatic N) is 1. The highest BCUT2D eigenvalue weighted by atomic mass is 16.2. The molecule has 0 aromatic carbocycles. The molecule has 0 aromatic heterocycles. The largest absolute Gasteiger partial charge is 0.368 e. The number of unbranched alkanes of at least 4 members (excludes halogenated alkanes) is 2. The SMILES string of the molecule is C[C@H](NC(=O)[C@H](C)NC(=O)[C@H](C)NC(=O)CCCCCN1C(=O)C=CC1=O)C(N)=O. The van der Waals surface area contributed by atoms with Crippen molar-refractivity contribution < 1.29 is 28.8 Å². The second-order valence-electron chi connectivity index (χ2n) is 7.12. The number of hydrogen-bond donors (Lipinski definition) is 4. The Kier molecular flexibility index (Phi) is 9.66. The van der Waals surface area contributed by atoms with Crippen LogP contribution in [0.4, 0.5) is 0 Å². The first-order chi connectivity index (χ1) is 14.0. The first-order valence-electron chi connectivity index (χ1n) is 9.76. The first kappa shape index (κ1) is 24.8. The number of nitrogens with one attached hydrogen (secondary N) is 3. The molecule has 0 aromatic rings. The van der Waals surface area contributed by atoms with Gasteiger partial charge in [0.1, 0.15) is 18.1 Å². The summed E-state index contributed by atoms with van der Waals surface area (Å²) in [4.78, 5) is 70.9. The molecule has 0 aliphatic carbocycles. The van der Waals surface area contributed by atoms with Crippen LogP contribution < -0.4 is 21.7 Å². The zero-order valence-electron chi connectivity index (χ0n) is 17.4. The van der Waals surface area contributed by atoms with Gasteiger partial charge in [0, 0.05) is 25.1 Å². The fourth-order valence-electron chi connectivity index (χ4n) is 2.58. The van der Waals surface area contributed by atoms with Gasteiger partial charge in [-0.2, -0.15) is 0 Å². The van der Waals surface area contributed by atoms with Gasteiger partial charge in [-0.1, -0.05) is 6.42 Å². The van der Waals surface area contributed by atoms with E-state index in [-0.39, 0.29) is 24.1 Å². The minimum absolute atomic E-state index is 0.184. The summed E-state index contributed by atoms with van der Waals surface area (Å²) in [6.45, 7) is 4.66. The maximum absolute atomic E-state index is 12.1. The third-order valence-corrected chi connectivity index (χ3v) is 4.49. The Morgan fingerprint density at radius 3 is 1.87 bits per heavy atom. The van der Waals surface area contributed by atoms with E-state index in [1.54, 1.807) is 0 Å². The second kappa shape index (κ2) is 11.7. The summed E-state index contributed by atoms with van der Waals surface area (Å²) in [6, 6.07) is -2.64. The summed E-state index contributed by atoms with van der Waals surface area (Å²) in [5.74, 6) is -2.80. The highest BCUT2D eigenvalue weighted by Crippen LogP contribution is 2.07. The average Bonchev–Trinajstić information content (AvgIpc) is 2.99. The van der Waals surface area contributed by atoms with E-state index >= 15 is 0 Å². The lowest BCUT2D eigenvalue weighted by Gasteiger charge is -2.19. The fraction of sp³-hybridized carbons (Fsp3) is 0.579. The van der Waals surface area contributed by atoms with Crippen LogP contribution in [0.3, 0.4) is 0 Å². The van der Waals surface area contributed by atoms with Crippen LogP contribution in [0, 0.1) is 0 Å². The molecule has 0 spiro atoms. The van der Waals surface area contributed by atoms with Crippen molar-refractivity contribution in [3.8, 4) is 0 Å². The van der Waals surface area contributed by atoms with Crippen molar-refractivity contribution >= 4 is 35.4 Å². The first-order valence-corrected chi connectivity index (χ1v) is 9.76. The van der Waals surface area contributed by atoms with Gasteiger partial charge >= 0.3 is 0 Å². The van der Waals surface area contributed by atoms with E-state index < -0.39 is 35.8 Å². The Bertz CT molecular complexity index is 717. The monoisotopic (exact) mass is 423 g/mol. The molecule has 1 aliphatic rings. The molecule has 1 aliphatic heterocycles. The van der Waals surface area contributed by atoms with Gasteiger partial charge in [0.2, 0.25) is 23.6 Å². The molecule has 5 N–H and O–H groups in total. The zero-order valence-corrected chi connectivity index (χ0v) is 17.4. The molecule has 30 heavy (non-hydrogen) atoms. The molecule has 6 amide bonds. The molecule has 0 unspecified atom stereocenters. The number of carbonyl (C=O) groups excluding carboxylic acids is 6. The number of hydrogen-bond acceptors (Lipinski definition) is 6. The minimum Gasteiger partial charge on any atom is -0.368 e. The molecule has 0 bridgehead atoms. The van der Waals surface area contributed by atoms with Gasteiger partial charge < -0.3 is 21.7 Å². The Morgan fingerprint density at radius 1 is 0.833 bits per heavy atom. The van der Waals surface area contributed by atoms with E-state index in [0.717, 1.165) is 4.90 Å². The smallest absolute Gasteiger partial charge is 0.253 e. The van der Waals surface area contributed by atoms with Gasteiger partial charge in [-0.25, -0.2) is 0 Å². The number of nitrogens with two attached hydrogens (primary N) is 1. The third-order valence-electron chi connectivity index (χ3n) is 4.49. The van der Waals surface area contributed by atoms with Gasteiger partial charge in [0.25, 0.3) is 11.8 Å². The van der Waals surface area contributed by atoms with Crippen LogP contribution in [0.1, 0.15) is 46.5 Å². The molecular weight excluding hydrogens is 394 g/mol. The van der Waals surface area contributed by atoms with Crippen molar-refractivity contribution in [3.63, 3.8) is 0 Å². The summed E-state index contributed by atoms with van der Waals surface area (Å²) in [5.41, 5.74) is 5.07. The molecule has 11 heteroatoms. The van der Waals surface area contributed by atoms with Crippen LogP contribution in [-0.4, -0.2) is 65.0 Å². The lowest BCUT2D eigenvalue weighted by molar-refractivity contribution is -0.137. The molecule has 0 radical (unpaired) electrons. The number of rotatable bonds is 12. The standard InChI is InChI=1S/C19H29N5O6/c1-11(17(20)28)22-19(30)13(3)23-18(29)12(2)21-14(25)7-5-4-6-10-24-15(26)8-9-16(24)27/h8-9,11-13H,4-7,10H2,1-3H3,(H2,20,28)(H,21,25)(H,22,30)(H,23,29)/t11-,12-,13-/m0/s1. The molecule has 0 saturated carbocycles. The number of carbonyl (C=O) groups is 6. The van der Waals surface area contributed by atoms with E-state index in [0.29, 0.717) is 25.8 Å². The predicted octanol–water partition coefficient (Wildman–Crippen LogP) is -1.53. The summed E-state index contributed by atoms with van der Waals surface area (Å²) in [7, 11) is 0. The van der Waals surface area contributed by atoms with Crippen molar-refractivity contribution in [2.24, 2.45) is 5.73 Å². The molecule has 0 saturated heterocycles. The molecule has 1 rings (SSSR count). The normalized spacial score (nSPS) is 16.0. The maximum Gasteiger partial charge on any atom is 0.253 e. The molecule has 11 nitrogen and oxygen atoms in total. The van der Waals surface area contributed by atoms with Crippen molar-refractivity contribution in [2.45, 2.75) is 64.6 Å². The fourth-order valence-corrected chi connectivity index (χ4v) is 2.58. The van der Waals surface area contributed by atoms with Gasteiger partial charge in [-0.15, -0.1) is 0 Å². The van der Waals surface area contributed by atoms with E-state index in [4.69, 9.17) is 5.73 Å². The third kappa shape index (κ3) is 8.02. The molecule has 3 atom stereocenters. The van der Waals surface area contributed by atoms with Crippen LogP contribution in [0.5, 0.6) is 0 Å². The van der Waals surface area contributed by atoms with Crippen LogP contribution in [0.25, 0.3) is 0 Å². The van der Waals surface area contributed by atoms with E-state index in [1.807, 2.05) is 0 Å². The highest BCUT2D eigenvalue weighted by Gasteiger charge is 2.23. The number of amides is 6. The maximum atomic E-state index is 12.1. The van der Waals surface area contributed by atoms with Crippen LogP contribution >= 0.6 is 0 Å². The lowest BCUT2D eigenvalue weighted by atomic mass is 10.1. The Labute approximate surface area is 174 Å². The Hall–Kier alpha value is -3.24. The quantitative estimate of drug-likeness (QED) is 0.219. The van der Waals surface area contributed by atoms with Gasteiger partial charge in [-0.05, 0) is 33.6 Å². The van der Waals surface area contributed by atoms with Crippen LogP contribution in [0.2, 0.25) is 0 Å². The van der Waals surface area contributed by atoms with Crippen LogP contribution in [-0.2, 0) is 28.8 Å². The topological polar surface area (TPSA) is 168 Å². The van der Waals surface area contributed by atoms with E-state index in [1.165, 1.54) is 32.9 Å². The predicted molar refractivity (Wildman–Crippen MR) is 106 cm³/mol. The van der Waals surface area contributed by atoms with E-state index in [9.17, 15) is 28.8 Å². The molecule has 1 heterocycles. The second-order valence-corrected chi connectivity index (χ2v) is 7.12. The van der Waals surface area contributed by atoms with Crippen molar-refractivity contribution in [2.75, 3.05) is 6.54 Å². The van der Waals surface area contributed by atoms with Crippen molar-refractivity contribution in [1.82, 2.24) is 20.9 Å². The average molecular weight is 423 g/mol. The van der Waals surface area contributed by atoms with E-state index in [2.05, 4.69) is 16.0 Å². The van der Waals surface area contributed by atoms with Gasteiger partial charge in [-0.3, -0.25) is 33.7 Å². The summed E-state index contributed by atoms with van der Waals surface area (Å²) >= 11 is 0. The minimum atomic E-state index is -0.913. The van der Waals surface area contributed by atoms with Crippen LogP contribution in [0.15, 0.2) is 12.2 Å². The number of primary amides is 1. The lowest BCUT2D eigenvalue weighted by Crippen LogP contribution is -2.54.